The van der Waals surface area contributed by atoms with Crippen LogP contribution >= 0.6 is 0 Å². The Morgan fingerprint density at radius 2 is 1.70 bits per heavy atom. The lowest BCUT2D eigenvalue weighted by atomic mass is 9.70. The molecule has 2 amide bonds. The van der Waals surface area contributed by atoms with Crippen molar-refractivity contribution < 1.29 is 22.7 Å². The summed E-state index contributed by atoms with van der Waals surface area (Å²) in [5, 5.41) is 10.6. The number of ether oxygens (including phenoxy) is 1. The van der Waals surface area contributed by atoms with E-state index >= 15 is 4.79 Å². The summed E-state index contributed by atoms with van der Waals surface area (Å²) in [6.45, 7) is 12.6. The molecule has 1 unspecified atom stereocenters. The fraction of sp³-hybridized carbons (Fsp3) is 0.659. The van der Waals surface area contributed by atoms with Crippen LogP contribution in [0.1, 0.15) is 109 Å². The first-order valence-corrected chi connectivity index (χ1v) is 23.1. The molecule has 2 atom stereocenters. The van der Waals surface area contributed by atoms with Crippen molar-refractivity contribution >= 4 is 21.8 Å². The summed E-state index contributed by atoms with van der Waals surface area (Å²) in [5.41, 5.74) is 1.91. The SMILES string of the molecule is CCCCN1C(=O)[C@@](Cc2cn[nH]c2)(CC2CCCCC2)NC(=O)C12CCN(C1(c3ccc(S(=O)(=O)NCCCN4CCOCC4)cc3)C=C(C)C=C(C)C1)CC2. The van der Waals surface area contributed by atoms with Gasteiger partial charge in [-0.3, -0.25) is 24.5 Å². The first-order valence-electron chi connectivity index (χ1n) is 21.6. The Labute approximate surface area is 340 Å². The van der Waals surface area contributed by atoms with Gasteiger partial charge < -0.3 is 15.0 Å². The number of aromatic amines is 1. The maximum atomic E-state index is 15.2. The number of nitrogens with zero attached hydrogens (tertiary/aromatic N) is 4. The van der Waals surface area contributed by atoms with E-state index in [0.717, 1.165) is 88.1 Å². The molecule has 7 rings (SSSR count). The molecule has 1 aromatic heterocycles. The number of likely N-dealkylation sites (tertiary alicyclic amines) is 1. The number of rotatable bonds is 15. The largest absolute Gasteiger partial charge is 0.379 e. The van der Waals surface area contributed by atoms with Crippen LogP contribution in [-0.2, 0) is 36.3 Å². The van der Waals surface area contributed by atoms with E-state index in [1.165, 1.54) is 24.8 Å². The van der Waals surface area contributed by atoms with Gasteiger partial charge in [-0.25, -0.2) is 13.1 Å². The smallest absolute Gasteiger partial charge is 0.249 e. The van der Waals surface area contributed by atoms with Crippen molar-refractivity contribution in [1.29, 1.82) is 0 Å². The van der Waals surface area contributed by atoms with Crippen LogP contribution in [0.25, 0.3) is 0 Å². The molecule has 2 aromatic rings. The summed E-state index contributed by atoms with van der Waals surface area (Å²) in [7, 11) is -3.68. The number of allylic oxidation sites excluding steroid dienone is 2. The second kappa shape index (κ2) is 17.9. The molecule has 1 aromatic carbocycles. The Morgan fingerprint density at radius 1 is 0.965 bits per heavy atom. The van der Waals surface area contributed by atoms with Crippen molar-refractivity contribution in [3.8, 4) is 0 Å². The van der Waals surface area contributed by atoms with E-state index in [1.54, 1.807) is 18.3 Å². The minimum Gasteiger partial charge on any atom is -0.379 e. The van der Waals surface area contributed by atoms with Crippen molar-refractivity contribution in [3.05, 3.63) is 71.1 Å². The predicted octanol–water partition coefficient (Wildman–Crippen LogP) is 5.45. The number of morpholine rings is 1. The van der Waals surface area contributed by atoms with E-state index < -0.39 is 26.6 Å². The number of amides is 2. The normalized spacial score (nSPS) is 26.7. The van der Waals surface area contributed by atoms with Gasteiger partial charge in [-0.15, -0.1) is 0 Å². The van der Waals surface area contributed by atoms with Crippen LogP contribution < -0.4 is 10.0 Å². The van der Waals surface area contributed by atoms with Gasteiger partial charge in [-0.1, -0.05) is 80.9 Å². The number of unbranched alkanes of at least 4 members (excludes halogenated alkanes) is 1. The molecule has 4 fully saturated rings. The van der Waals surface area contributed by atoms with Gasteiger partial charge in [-0.2, -0.15) is 5.10 Å². The van der Waals surface area contributed by atoms with Gasteiger partial charge in [0.25, 0.3) is 0 Å². The molecule has 3 N–H and O–H groups in total. The Kier molecular flexibility index (Phi) is 13.1. The molecule has 3 aliphatic heterocycles. The van der Waals surface area contributed by atoms with Gasteiger partial charge in [0.15, 0.2) is 0 Å². The molecule has 312 valence electrons. The first-order chi connectivity index (χ1) is 27.5. The third-order valence-electron chi connectivity index (χ3n) is 13.5. The fourth-order valence-corrected chi connectivity index (χ4v) is 11.6. The summed E-state index contributed by atoms with van der Waals surface area (Å²) < 4.78 is 35.0. The van der Waals surface area contributed by atoms with E-state index in [1.807, 2.05) is 23.2 Å². The fourth-order valence-electron chi connectivity index (χ4n) is 10.5. The molecule has 57 heavy (non-hydrogen) atoms. The zero-order chi connectivity index (χ0) is 40.1. The van der Waals surface area contributed by atoms with E-state index in [9.17, 15) is 13.2 Å². The standard InChI is InChI=1S/C44H65N7O5S/c1-4-5-20-51-41(53)42(31-37-32-45-46-33-37,30-36-10-7-6-8-11-36)48-40(52)43(51)16-21-50(22-17-43)44(28-34(2)27-35(3)29-44)38-12-14-39(15-13-38)57(54,55)47-18-9-19-49-23-25-56-26-24-49/h12-15,27-28,32-33,36,47H,4-11,16-26,29-31H2,1-3H3,(H,45,46)(H,48,52)/t42-,44?/m0/s1. The maximum absolute atomic E-state index is 15.2. The Hall–Kier alpha value is -3.36. The third kappa shape index (κ3) is 8.98. The lowest BCUT2D eigenvalue weighted by Crippen LogP contribution is -2.78. The average Bonchev–Trinajstić information content (AvgIpc) is 3.72. The average molecular weight is 804 g/mol. The summed E-state index contributed by atoms with van der Waals surface area (Å²) in [4.78, 5) is 37.1. The predicted molar refractivity (Wildman–Crippen MR) is 222 cm³/mol. The van der Waals surface area contributed by atoms with Crippen LogP contribution in [0, 0.1) is 5.92 Å². The van der Waals surface area contributed by atoms with Gasteiger partial charge in [0.05, 0.1) is 29.8 Å². The molecular weight excluding hydrogens is 739 g/mol. The number of piperazine rings is 1. The van der Waals surface area contributed by atoms with Gasteiger partial charge in [-0.05, 0) is 88.1 Å². The zero-order valence-corrected chi connectivity index (χ0v) is 35.3. The van der Waals surface area contributed by atoms with Crippen LogP contribution in [0.2, 0.25) is 0 Å². The first kappa shape index (κ1) is 41.8. The Bertz CT molecular complexity index is 1860. The molecule has 5 aliphatic rings. The highest BCUT2D eigenvalue weighted by atomic mass is 32.2. The van der Waals surface area contributed by atoms with Gasteiger partial charge in [0, 0.05) is 51.9 Å². The molecule has 2 aliphatic carbocycles. The number of nitrogens with one attached hydrogen (secondary N) is 3. The van der Waals surface area contributed by atoms with Crippen LogP contribution in [0.3, 0.4) is 0 Å². The molecule has 3 saturated heterocycles. The minimum atomic E-state index is -3.68. The van der Waals surface area contributed by atoms with Crippen LogP contribution in [0.15, 0.2) is 64.9 Å². The summed E-state index contributed by atoms with van der Waals surface area (Å²) in [6, 6.07) is 7.40. The molecule has 12 nitrogen and oxygen atoms in total. The quantitative estimate of drug-likeness (QED) is 0.202. The highest BCUT2D eigenvalue weighted by molar-refractivity contribution is 7.89. The summed E-state index contributed by atoms with van der Waals surface area (Å²) in [5.74, 6) is 0.433. The molecule has 1 spiro atoms. The van der Waals surface area contributed by atoms with E-state index in [0.29, 0.717) is 57.8 Å². The van der Waals surface area contributed by atoms with Gasteiger partial charge in [0.1, 0.15) is 11.1 Å². The molecule has 0 radical (unpaired) electrons. The second-order valence-electron chi connectivity index (χ2n) is 17.6. The van der Waals surface area contributed by atoms with Crippen molar-refractivity contribution in [1.82, 2.24) is 34.9 Å². The van der Waals surface area contributed by atoms with Crippen molar-refractivity contribution in [2.45, 2.75) is 126 Å². The lowest BCUT2D eigenvalue weighted by molar-refractivity contribution is -0.169. The zero-order valence-electron chi connectivity index (χ0n) is 34.5. The number of carbonyl (C=O) groups is 2. The highest BCUT2D eigenvalue weighted by Gasteiger charge is 2.60. The number of H-pyrrole nitrogens is 1. The molecule has 1 saturated carbocycles. The van der Waals surface area contributed by atoms with Crippen molar-refractivity contribution in [2.75, 3.05) is 59.0 Å². The van der Waals surface area contributed by atoms with E-state index in [2.05, 4.69) is 63.0 Å². The van der Waals surface area contributed by atoms with E-state index in [-0.39, 0.29) is 16.7 Å². The number of hydrogen-bond donors (Lipinski definition) is 3. The molecule has 4 heterocycles. The van der Waals surface area contributed by atoms with E-state index in [4.69, 9.17) is 4.74 Å². The highest BCUT2D eigenvalue weighted by Crippen LogP contribution is 2.46. The van der Waals surface area contributed by atoms with Crippen LogP contribution in [0.4, 0.5) is 0 Å². The number of aromatic nitrogens is 2. The van der Waals surface area contributed by atoms with Crippen molar-refractivity contribution in [2.24, 2.45) is 5.92 Å². The summed E-state index contributed by atoms with van der Waals surface area (Å²) >= 11 is 0. The van der Waals surface area contributed by atoms with Crippen LogP contribution in [-0.4, -0.2) is 115 Å². The number of hydrogen-bond acceptors (Lipinski definition) is 8. The number of carbonyl (C=O) groups excluding carboxylic acids is 2. The number of benzene rings is 1. The molecule has 0 bridgehead atoms. The monoisotopic (exact) mass is 803 g/mol. The lowest BCUT2D eigenvalue weighted by Gasteiger charge is -2.57. The Morgan fingerprint density at radius 3 is 2.37 bits per heavy atom. The Balaban J connectivity index is 1.11. The van der Waals surface area contributed by atoms with Crippen molar-refractivity contribution in [3.63, 3.8) is 0 Å². The third-order valence-corrected chi connectivity index (χ3v) is 14.9. The number of sulfonamides is 1. The second-order valence-corrected chi connectivity index (χ2v) is 19.3. The van der Waals surface area contributed by atoms with Crippen LogP contribution in [0.5, 0.6) is 0 Å². The maximum Gasteiger partial charge on any atom is 0.249 e. The van der Waals surface area contributed by atoms with Gasteiger partial charge >= 0.3 is 0 Å². The molecule has 13 heteroatoms. The minimum absolute atomic E-state index is 0.0235. The number of piperidine rings is 1. The molecular formula is C44H65N7O5S. The topological polar surface area (TPSA) is 140 Å². The van der Waals surface area contributed by atoms with Gasteiger partial charge in [0.2, 0.25) is 21.8 Å². The summed E-state index contributed by atoms with van der Waals surface area (Å²) in [6.07, 6.45) is 19.3.